The average molecular weight is 482 g/mol. The summed E-state index contributed by atoms with van der Waals surface area (Å²) in [5.74, 6) is 0.345. The van der Waals surface area contributed by atoms with Crippen LogP contribution in [0.2, 0.25) is 0 Å². The lowest BCUT2D eigenvalue weighted by Gasteiger charge is -2.35. The number of aromatic nitrogens is 2. The zero-order chi connectivity index (χ0) is 23.9. The summed E-state index contributed by atoms with van der Waals surface area (Å²) in [6.07, 6.45) is 6.40. The Morgan fingerprint density at radius 1 is 0.971 bits per heavy atom. The van der Waals surface area contributed by atoms with E-state index in [9.17, 15) is 8.42 Å². The molecule has 0 amide bonds. The monoisotopic (exact) mass is 481 g/mol. The molecule has 1 saturated heterocycles. The van der Waals surface area contributed by atoms with Crippen LogP contribution in [0.4, 0.5) is 22.9 Å². The fourth-order valence-electron chi connectivity index (χ4n) is 5.01. The molecule has 2 aliphatic rings. The molecule has 0 radical (unpaired) electrons. The third-order valence-electron chi connectivity index (χ3n) is 6.96. The molecule has 9 heteroatoms. The Morgan fingerprint density at radius 2 is 1.68 bits per heavy atom. The number of fused-ring (bicyclic) bond motifs is 1. The Bertz CT molecular complexity index is 1310. The molecule has 0 atom stereocenters. The molecule has 0 unspecified atom stereocenters. The summed E-state index contributed by atoms with van der Waals surface area (Å²) in [6, 6.07) is 9.89. The molecule has 1 aliphatic heterocycles. The molecule has 1 aromatic heterocycles. The van der Waals surface area contributed by atoms with Crippen LogP contribution in [0.25, 0.3) is 10.9 Å². The quantitative estimate of drug-likeness (QED) is 0.466. The maximum absolute atomic E-state index is 12.4. The van der Waals surface area contributed by atoms with Gasteiger partial charge in [0.25, 0.3) is 0 Å². The van der Waals surface area contributed by atoms with Gasteiger partial charge in [0.2, 0.25) is 10.0 Å². The minimum Gasteiger partial charge on any atom is -0.395 e. The second-order valence-corrected chi connectivity index (χ2v) is 11.6. The van der Waals surface area contributed by atoms with Gasteiger partial charge in [0.05, 0.1) is 34.6 Å². The number of nitrogens with zero attached hydrogens (tertiary/aromatic N) is 3. The van der Waals surface area contributed by atoms with Crippen molar-refractivity contribution in [3.8, 4) is 0 Å². The largest absolute Gasteiger partial charge is 0.395 e. The minimum absolute atomic E-state index is 0.351. The van der Waals surface area contributed by atoms with Crippen molar-refractivity contribution in [2.24, 2.45) is 5.41 Å². The molecule has 180 valence electrons. The number of hydrogen-bond acceptors (Lipinski definition) is 7. The minimum atomic E-state index is -3.66. The topological polar surface area (TPSA) is 107 Å². The van der Waals surface area contributed by atoms with Gasteiger partial charge in [-0.2, -0.15) is 0 Å². The van der Waals surface area contributed by atoms with Crippen molar-refractivity contribution >= 4 is 43.8 Å². The number of nitrogens with one attached hydrogen (secondary N) is 2. The Balaban J connectivity index is 1.59. The first kappa shape index (κ1) is 22.9. The van der Waals surface area contributed by atoms with Crippen LogP contribution in [0.1, 0.15) is 36.8 Å². The first-order valence-electron chi connectivity index (χ1n) is 11.8. The number of piperidine rings is 1. The van der Waals surface area contributed by atoms with Crippen LogP contribution >= 0.6 is 0 Å². The summed E-state index contributed by atoms with van der Waals surface area (Å²) in [7, 11) is -3.66. The summed E-state index contributed by atoms with van der Waals surface area (Å²) in [6.45, 7) is 5.53. The standard InChI is InChI=1S/C25H31N5O3S/c1-17-11-18(2)13-19(12-17)28-24-23-21(26-16-27-24)14-20(29-34(32,33)10-9-31)15-22(23)30-7-5-25(3-4-25)6-8-30/h11-16,29,31H,3-10H2,1-2H3,(H,26,27,28). The number of aryl methyl sites for hydroxylation is 2. The highest BCUT2D eigenvalue weighted by Gasteiger charge is 2.44. The smallest absolute Gasteiger partial charge is 0.234 e. The molecule has 0 bridgehead atoms. The highest BCUT2D eigenvalue weighted by molar-refractivity contribution is 7.92. The summed E-state index contributed by atoms with van der Waals surface area (Å²) in [5, 5.41) is 13.5. The van der Waals surface area contributed by atoms with Crippen LogP contribution in [0.15, 0.2) is 36.7 Å². The summed E-state index contributed by atoms with van der Waals surface area (Å²) < 4.78 is 27.3. The number of hydrogen-bond donors (Lipinski definition) is 3. The van der Waals surface area contributed by atoms with Gasteiger partial charge in [0.1, 0.15) is 12.1 Å². The van der Waals surface area contributed by atoms with Gasteiger partial charge in [0, 0.05) is 18.8 Å². The van der Waals surface area contributed by atoms with Gasteiger partial charge in [-0.15, -0.1) is 0 Å². The maximum Gasteiger partial charge on any atom is 0.234 e. The molecule has 2 aromatic carbocycles. The normalized spacial score (nSPS) is 17.2. The molecule has 34 heavy (non-hydrogen) atoms. The number of aliphatic hydroxyl groups excluding tert-OH is 1. The van der Waals surface area contributed by atoms with Crippen LogP contribution in [0.3, 0.4) is 0 Å². The van der Waals surface area contributed by atoms with Crippen molar-refractivity contribution in [2.45, 2.75) is 39.5 Å². The molecule has 1 saturated carbocycles. The van der Waals surface area contributed by atoms with Gasteiger partial charge in [0.15, 0.2) is 0 Å². The summed E-state index contributed by atoms with van der Waals surface area (Å²) in [4.78, 5) is 11.4. The SMILES string of the molecule is Cc1cc(C)cc(Nc2ncnc3cc(NS(=O)(=O)CCO)cc(N4CCC5(CC4)CC5)c23)c1. The number of benzene rings is 2. The van der Waals surface area contributed by atoms with E-state index in [2.05, 4.69) is 57.0 Å². The van der Waals surface area contributed by atoms with E-state index >= 15 is 0 Å². The Kier molecular flexibility index (Phi) is 5.85. The predicted octanol–water partition coefficient (Wildman–Crippen LogP) is 4.10. The summed E-state index contributed by atoms with van der Waals surface area (Å²) >= 11 is 0. The Labute approximate surface area is 200 Å². The van der Waals surface area contributed by atoms with E-state index in [4.69, 9.17) is 5.11 Å². The third kappa shape index (κ3) is 4.81. The van der Waals surface area contributed by atoms with Crippen molar-refractivity contribution in [2.75, 3.05) is 40.4 Å². The lowest BCUT2D eigenvalue weighted by atomic mass is 9.93. The average Bonchev–Trinajstić information content (AvgIpc) is 3.51. The maximum atomic E-state index is 12.4. The number of sulfonamides is 1. The van der Waals surface area contributed by atoms with Gasteiger partial charge in [-0.05, 0) is 80.3 Å². The number of anilines is 4. The van der Waals surface area contributed by atoms with Gasteiger partial charge in [-0.25, -0.2) is 18.4 Å². The predicted molar refractivity (Wildman–Crippen MR) is 136 cm³/mol. The number of rotatable bonds is 7. The molecule has 3 aromatic rings. The van der Waals surface area contributed by atoms with Crippen molar-refractivity contribution in [1.29, 1.82) is 0 Å². The first-order chi connectivity index (χ1) is 16.3. The van der Waals surface area contributed by atoms with Crippen molar-refractivity contribution in [1.82, 2.24) is 9.97 Å². The van der Waals surface area contributed by atoms with E-state index in [-0.39, 0.29) is 5.75 Å². The van der Waals surface area contributed by atoms with E-state index in [1.54, 1.807) is 6.07 Å². The second-order valence-electron chi connectivity index (χ2n) is 9.74. The summed E-state index contributed by atoms with van der Waals surface area (Å²) in [5.41, 5.74) is 5.81. The Morgan fingerprint density at radius 3 is 2.32 bits per heavy atom. The van der Waals surface area contributed by atoms with E-state index in [0.717, 1.165) is 53.8 Å². The van der Waals surface area contributed by atoms with Gasteiger partial charge in [-0.3, -0.25) is 4.72 Å². The van der Waals surface area contributed by atoms with E-state index < -0.39 is 16.6 Å². The van der Waals surface area contributed by atoms with Crippen molar-refractivity contribution < 1.29 is 13.5 Å². The van der Waals surface area contributed by atoms with Crippen LogP contribution < -0.4 is 14.9 Å². The van der Waals surface area contributed by atoms with Crippen LogP contribution in [-0.2, 0) is 10.0 Å². The fraction of sp³-hybridized carbons (Fsp3) is 0.440. The lowest BCUT2D eigenvalue weighted by molar-refractivity contribution is 0.320. The van der Waals surface area contributed by atoms with Gasteiger partial charge in [-0.1, -0.05) is 6.07 Å². The van der Waals surface area contributed by atoms with Crippen LogP contribution in [0, 0.1) is 19.3 Å². The zero-order valence-electron chi connectivity index (χ0n) is 19.6. The highest BCUT2D eigenvalue weighted by atomic mass is 32.2. The van der Waals surface area contributed by atoms with E-state index in [1.807, 2.05) is 6.07 Å². The van der Waals surface area contributed by atoms with E-state index in [0.29, 0.717) is 22.4 Å². The molecular formula is C25H31N5O3S. The molecule has 1 aliphatic carbocycles. The second kappa shape index (κ2) is 8.70. The van der Waals surface area contributed by atoms with Crippen LogP contribution in [0.5, 0.6) is 0 Å². The Hall–Kier alpha value is -2.91. The molecule has 2 fully saturated rings. The zero-order valence-corrected chi connectivity index (χ0v) is 20.5. The molecule has 1 spiro atoms. The van der Waals surface area contributed by atoms with Gasteiger partial charge < -0.3 is 15.3 Å². The van der Waals surface area contributed by atoms with Crippen LogP contribution in [-0.4, -0.2) is 48.9 Å². The fourth-order valence-corrected chi connectivity index (χ4v) is 5.83. The molecule has 5 rings (SSSR count). The highest BCUT2D eigenvalue weighted by Crippen LogP contribution is 2.54. The molecule has 3 N–H and O–H groups in total. The lowest BCUT2D eigenvalue weighted by Crippen LogP contribution is -2.34. The number of aliphatic hydroxyl groups is 1. The third-order valence-corrected chi connectivity index (χ3v) is 8.22. The van der Waals surface area contributed by atoms with Crippen molar-refractivity contribution in [3.63, 3.8) is 0 Å². The molecular weight excluding hydrogens is 450 g/mol. The van der Waals surface area contributed by atoms with Crippen molar-refractivity contribution in [3.05, 3.63) is 47.8 Å². The molecule has 8 nitrogen and oxygen atoms in total. The molecule has 2 heterocycles. The first-order valence-corrected chi connectivity index (χ1v) is 13.4. The van der Waals surface area contributed by atoms with E-state index in [1.165, 1.54) is 19.2 Å². The van der Waals surface area contributed by atoms with Gasteiger partial charge >= 0.3 is 0 Å².